The molecular formula is C15H23NO2S. The molecule has 1 aromatic rings. The van der Waals surface area contributed by atoms with E-state index in [9.17, 15) is 4.79 Å². The van der Waals surface area contributed by atoms with Crippen molar-refractivity contribution in [1.82, 2.24) is 5.32 Å². The smallest absolute Gasteiger partial charge is 0.323 e. The zero-order valence-electron chi connectivity index (χ0n) is 11.7. The lowest BCUT2D eigenvalue weighted by atomic mass is 10.2. The van der Waals surface area contributed by atoms with Gasteiger partial charge in [0.1, 0.15) is 6.04 Å². The van der Waals surface area contributed by atoms with Crippen LogP contribution < -0.4 is 5.32 Å². The van der Waals surface area contributed by atoms with Gasteiger partial charge in [-0.05, 0) is 38.4 Å². The Morgan fingerprint density at radius 1 is 1.32 bits per heavy atom. The summed E-state index contributed by atoms with van der Waals surface area (Å²) in [6, 6.07) is 10.1. The van der Waals surface area contributed by atoms with Crippen LogP contribution in [-0.4, -0.2) is 30.9 Å². The molecule has 0 aromatic heterocycles. The Hall–Kier alpha value is -1.00. The lowest BCUT2D eigenvalue weighted by Crippen LogP contribution is -2.39. The zero-order chi connectivity index (χ0) is 13.9. The normalized spacial score (nSPS) is 12.1. The summed E-state index contributed by atoms with van der Waals surface area (Å²) in [4.78, 5) is 13.0. The van der Waals surface area contributed by atoms with Crippen molar-refractivity contribution in [1.29, 1.82) is 0 Å². The Bertz CT molecular complexity index is 356. The Balaban J connectivity index is 2.37. The maximum atomic E-state index is 11.8. The first-order valence-electron chi connectivity index (χ1n) is 6.85. The summed E-state index contributed by atoms with van der Waals surface area (Å²) in [5.41, 5.74) is 0. The second-order valence-corrected chi connectivity index (χ2v) is 5.38. The number of thioether (sulfide) groups is 1. The van der Waals surface area contributed by atoms with Crippen molar-refractivity contribution in [2.24, 2.45) is 0 Å². The van der Waals surface area contributed by atoms with E-state index in [2.05, 4.69) is 24.4 Å². The Morgan fingerprint density at radius 3 is 2.68 bits per heavy atom. The van der Waals surface area contributed by atoms with E-state index in [0.717, 1.165) is 25.1 Å². The molecule has 106 valence electrons. The second kappa shape index (κ2) is 9.87. The van der Waals surface area contributed by atoms with E-state index in [1.165, 1.54) is 4.90 Å². The minimum atomic E-state index is -0.184. The molecule has 0 amide bonds. The van der Waals surface area contributed by atoms with Crippen LogP contribution in [0.2, 0.25) is 0 Å². The first-order valence-corrected chi connectivity index (χ1v) is 7.84. The highest BCUT2D eigenvalue weighted by Gasteiger charge is 2.18. The van der Waals surface area contributed by atoms with E-state index in [1.54, 1.807) is 11.8 Å². The standard InChI is InChI=1S/C15H23NO2S/c1-3-11-16-14(15(17)18-4-2)10-12-19-13-8-6-5-7-9-13/h5-9,14,16H,3-4,10-12H2,1-2H3. The molecule has 0 aliphatic heterocycles. The number of hydrogen-bond acceptors (Lipinski definition) is 4. The van der Waals surface area contributed by atoms with Crippen molar-refractivity contribution in [2.75, 3.05) is 18.9 Å². The average molecular weight is 281 g/mol. The second-order valence-electron chi connectivity index (χ2n) is 4.21. The molecule has 0 fully saturated rings. The van der Waals surface area contributed by atoms with Gasteiger partial charge < -0.3 is 10.1 Å². The molecule has 0 spiro atoms. The Kier molecular flexibility index (Phi) is 8.34. The predicted octanol–water partition coefficient (Wildman–Crippen LogP) is 3.10. The number of hydrogen-bond donors (Lipinski definition) is 1. The highest BCUT2D eigenvalue weighted by atomic mass is 32.2. The van der Waals surface area contributed by atoms with Crippen LogP contribution in [0.1, 0.15) is 26.7 Å². The number of ether oxygens (including phenoxy) is 1. The van der Waals surface area contributed by atoms with Crippen molar-refractivity contribution in [3.63, 3.8) is 0 Å². The number of nitrogens with one attached hydrogen (secondary N) is 1. The van der Waals surface area contributed by atoms with Crippen molar-refractivity contribution in [3.05, 3.63) is 30.3 Å². The molecule has 0 saturated heterocycles. The van der Waals surface area contributed by atoms with E-state index >= 15 is 0 Å². The van der Waals surface area contributed by atoms with Gasteiger partial charge in [-0.15, -0.1) is 11.8 Å². The first kappa shape index (κ1) is 16.1. The molecule has 0 aliphatic carbocycles. The highest BCUT2D eigenvalue weighted by Crippen LogP contribution is 2.18. The molecule has 1 aromatic carbocycles. The lowest BCUT2D eigenvalue weighted by Gasteiger charge is -2.16. The van der Waals surface area contributed by atoms with Gasteiger partial charge in [0, 0.05) is 10.6 Å². The quantitative estimate of drug-likeness (QED) is 0.557. The van der Waals surface area contributed by atoms with Crippen molar-refractivity contribution < 1.29 is 9.53 Å². The first-order chi connectivity index (χ1) is 9.27. The Morgan fingerprint density at radius 2 is 2.05 bits per heavy atom. The Labute approximate surface area is 120 Å². The zero-order valence-corrected chi connectivity index (χ0v) is 12.5. The van der Waals surface area contributed by atoms with Crippen LogP contribution in [0.25, 0.3) is 0 Å². The molecule has 0 aliphatic rings. The molecule has 0 bridgehead atoms. The van der Waals surface area contributed by atoms with Gasteiger partial charge in [-0.3, -0.25) is 4.79 Å². The van der Waals surface area contributed by atoms with Crippen LogP contribution in [0.4, 0.5) is 0 Å². The molecule has 4 heteroatoms. The van der Waals surface area contributed by atoms with E-state index in [0.29, 0.717) is 6.61 Å². The summed E-state index contributed by atoms with van der Waals surface area (Å²) in [5, 5.41) is 3.25. The van der Waals surface area contributed by atoms with Gasteiger partial charge in [0.15, 0.2) is 0 Å². The highest BCUT2D eigenvalue weighted by molar-refractivity contribution is 7.99. The molecular weight excluding hydrogens is 258 g/mol. The molecule has 19 heavy (non-hydrogen) atoms. The number of carbonyl (C=O) groups is 1. The van der Waals surface area contributed by atoms with Crippen molar-refractivity contribution in [2.45, 2.75) is 37.6 Å². The summed E-state index contributed by atoms with van der Waals surface area (Å²) < 4.78 is 5.09. The molecule has 1 rings (SSSR count). The van der Waals surface area contributed by atoms with Gasteiger partial charge in [-0.2, -0.15) is 0 Å². The monoisotopic (exact) mass is 281 g/mol. The lowest BCUT2D eigenvalue weighted by molar-refractivity contribution is -0.145. The fourth-order valence-corrected chi connectivity index (χ4v) is 2.61. The summed E-state index contributed by atoms with van der Waals surface area (Å²) in [6.07, 6.45) is 1.81. The van der Waals surface area contributed by atoms with Crippen LogP contribution in [0.5, 0.6) is 0 Å². The van der Waals surface area contributed by atoms with E-state index in [-0.39, 0.29) is 12.0 Å². The largest absolute Gasteiger partial charge is 0.465 e. The van der Waals surface area contributed by atoms with Gasteiger partial charge in [0.25, 0.3) is 0 Å². The summed E-state index contributed by atoms with van der Waals surface area (Å²) >= 11 is 1.77. The van der Waals surface area contributed by atoms with Crippen LogP contribution in [-0.2, 0) is 9.53 Å². The maximum Gasteiger partial charge on any atom is 0.323 e. The van der Waals surface area contributed by atoms with E-state index < -0.39 is 0 Å². The molecule has 0 heterocycles. The van der Waals surface area contributed by atoms with Gasteiger partial charge >= 0.3 is 5.97 Å². The molecule has 1 atom stereocenters. The van der Waals surface area contributed by atoms with Crippen LogP contribution in [0, 0.1) is 0 Å². The van der Waals surface area contributed by atoms with Crippen molar-refractivity contribution in [3.8, 4) is 0 Å². The van der Waals surface area contributed by atoms with E-state index in [4.69, 9.17) is 4.74 Å². The van der Waals surface area contributed by atoms with Crippen LogP contribution >= 0.6 is 11.8 Å². The van der Waals surface area contributed by atoms with Crippen LogP contribution in [0.15, 0.2) is 35.2 Å². The number of carbonyl (C=O) groups excluding carboxylic acids is 1. The fourth-order valence-electron chi connectivity index (χ4n) is 1.68. The third-order valence-corrected chi connectivity index (χ3v) is 3.68. The molecule has 0 saturated carbocycles. The summed E-state index contributed by atoms with van der Waals surface area (Å²) in [7, 11) is 0. The molecule has 3 nitrogen and oxygen atoms in total. The predicted molar refractivity (Wildman–Crippen MR) is 80.5 cm³/mol. The fraction of sp³-hybridized carbons (Fsp3) is 0.533. The van der Waals surface area contributed by atoms with Crippen LogP contribution in [0.3, 0.4) is 0 Å². The van der Waals surface area contributed by atoms with E-state index in [1.807, 2.05) is 25.1 Å². The summed E-state index contributed by atoms with van der Waals surface area (Å²) in [6.45, 7) is 5.22. The SMILES string of the molecule is CCCNC(CCSc1ccccc1)C(=O)OCC. The molecule has 1 unspecified atom stereocenters. The minimum Gasteiger partial charge on any atom is -0.465 e. The number of benzene rings is 1. The minimum absolute atomic E-state index is 0.135. The number of rotatable bonds is 9. The third-order valence-electron chi connectivity index (χ3n) is 2.63. The van der Waals surface area contributed by atoms with Gasteiger partial charge in [0.2, 0.25) is 0 Å². The number of esters is 1. The molecule has 0 radical (unpaired) electrons. The van der Waals surface area contributed by atoms with Gasteiger partial charge in [0.05, 0.1) is 6.61 Å². The van der Waals surface area contributed by atoms with Gasteiger partial charge in [-0.1, -0.05) is 25.1 Å². The third kappa shape index (κ3) is 6.64. The summed E-state index contributed by atoms with van der Waals surface area (Å²) in [5.74, 6) is 0.772. The molecule has 1 N–H and O–H groups in total. The van der Waals surface area contributed by atoms with Crippen molar-refractivity contribution >= 4 is 17.7 Å². The topological polar surface area (TPSA) is 38.3 Å². The maximum absolute atomic E-state index is 11.8. The van der Waals surface area contributed by atoms with Gasteiger partial charge in [-0.25, -0.2) is 0 Å². The average Bonchev–Trinajstić information content (AvgIpc) is 2.44.